The molecule has 2 amide bonds. The van der Waals surface area contributed by atoms with Crippen LogP contribution >= 0.6 is 11.6 Å². The third-order valence-electron chi connectivity index (χ3n) is 3.71. The van der Waals surface area contributed by atoms with Crippen molar-refractivity contribution >= 4 is 17.6 Å². The average molecular weight is 333 g/mol. The molecule has 1 atom stereocenters. The molecule has 0 spiro atoms. The summed E-state index contributed by atoms with van der Waals surface area (Å²) in [6.07, 6.45) is 0.780. The van der Waals surface area contributed by atoms with E-state index in [-0.39, 0.29) is 18.7 Å². The number of hydrogen-bond acceptors (Lipinski definition) is 2. The zero-order valence-electron chi connectivity index (χ0n) is 13.1. The second kappa shape index (κ2) is 8.56. The molecule has 0 aliphatic heterocycles. The summed E-state index contributed by atoms with van der Waals surface area (Å²) >= 11 is 5.89. The molecule has 0 heterocycles. The number of carbonyl (C=O) groups is 1. The second-order valence-corrected chi connectivity index (χ2v) is 5.70. The number of rotatable bonds is 6. The third kappa shape index (κ3) is 4.98. The van der Waals surface area contributed by atoms with E-state index in [0.29, 0.717) is 11.6 Å². The number of urea groups is 1. The molecule has 122 valence electrons. The lowest BCUT2D eigenvalue weighted by Gasteiger charge is -2.18. The fourth-order valence-corrected chi connectivity index (χ4v) is 2.51. The van der Waals surface area contributed by atoms with Crippen molar-refractivity contribution in [3.05, 3.63) is 70.2 Å². The van der Waals surface area contributed by atoms with Crippen molar-refractivity contribution in [2.75, 3.05) is 0 Å². The minimum atomic E-state index is -0.237. The van der Waals surface area contributed by atoms with Crippen LogP contribution in [0.25, 0.3) is 0 Å². The van der Waals surface area contributed by atoms with Crippen molar-refractivity contribution in [3.8, 4) is 0 Å². The molecular weight excluding hydrogens is 312 g/mol. The second-order valence-electron chi connectivity index (χ2n) is 5.27. The van der Waals surface area contributed by atoms with Gasteiger partial charge in [-0.1, -0.05) is 54.9 Å². The van der Waals surface area contributed by atoms with Gasteiger partial charge in [-0.05, 0) is 35.2 Å². The van der Waals surface area contributed by atoms with Gasteiger partial charge in [0.2, 0.25) is 0 Å². The molecular formula is C18H21ClN2O2. The van der Waals surface area contributed by atoms with Crippen LogP contribution in [-0.4, -0.2) is 11.1 Å². The van der Waals surface area contributed by atoms with Crippen molar-refractivity contribution in [3.63, 3.8) is 0 Å². The summed E-state index contributed by atoms with van der Waals surface area (Å²) in [5.41, 5.74) is 2.74. The van der Waals surface area contributed by atoms with Gasteiger partial charge in [0.15, 0.2) is 0 Å². The molecule has 0 saturated heterocycles. The Labute approximate surface area is 141 Å². The summed E-state index contributed by atoms with van der Waals surface area (Å²) in [4.78, 5) is 12.1. The Morgan fingerprint density at radius 1 is 1.13 bits per heavy atom. The summed E-state index contributed by atoms with van der Waals surface area (Å²) < 4.78 is 0. The van der Waals surface area contributed by atoms with Gasteiger partial charge in [0.05, 0.1) is 12.6 Å². The Balaban J connectivity index is 1.94. The molecule has 0 fully saturated rings. The lowest BCUT2D eigenvalue weighted by molar-refractivity contribution is 0.236. The van der Waals surface area contributed by atoms with E-state index < -0.39 is 0 Å². The quantitative estimate of drug-likeness (QED) is 0.753. The summed E-state index contributed by atoms with van der Waals surface area (Å²) in [5, 5.41) is 15.8. The number of carbonyl (C=O) groups excluding carboxylic acids is 1. The van der Waals surface area contributed by atoms with Gasteiger partial charge in [-0.15, -0.1) is 0 Å². The summed E-state index contributed by atoms with van der Waals surface area (Å²) in [5.74, 6) is 0. The minimum absolute atomic E-state index is 0.0398. The van der Waals surface area contributed by atoms with Crippen LogP contribution in [0.2, 0.25) is 5.02 Å². The third-order valence-corrected chi connectivity index (χ3v) is 3.97. The Morgan fingerprint density at radius 2 is 1.78 bits per heavy atom. The van der Waals surface area contributed by atoms with E-state index in [9.17, 15) is 9.90 Å². The first-order chi connectivity index (χ1) is 11.1. The highest BCUT2D eigenvalue weighted by atomic mass is 35.5. The van der Waals surface area contributed by atoms with Gasteiger partial charge in [-0.2, -0.15) is 0 Å². The molecule has 1 unspecified atom stereocenters. The minimum Gasteiger partial charge on any atom is -0.392 e. The highest BCUT2D eigenvalue weighted by Gasteiger charge is 2.12. The van der Waals surface area contributed by atoms with Crippen molar-refractivity contribution < 1.29 is 9.90 Å². The topological polar surface area (TPSA) is 61.4 Å². The Kier molecular flexibility index (Phi) is 6.44. The predicted octanol–water partition coefficient (Wildman–Crippen LogP) is 3.78. The molecule has 0 bridgehead atoms. The molecule has 2 rings (SSSR count). The van der Waals surface area contributed by atoms with Crippen LogP contribution in [0.15, 0.2) is 48.5 Å². The molecule has 0 aliphatic carbocycles. The average Bonchev–Trinajstić information content (AvgIpc) is 2.59. The molecule has 0 radical (unpaired) electrons. The van der Waals surface area contributed by atoms with Gasteiger partial charge < -0.3 is 15.7 Å². The number of benzene rings is 2. The Morgan fingerprint density at radius 3 is 2.39 bits per heavy atom. The molecule has 2 aromatic rings. The van der Waals surface area contributed by atoms with Crippen LogP contribution in [-0.2, 0) is 13.2 Å². The van der Waals surface area contributed by atoms with Gasteiger partial charge in [0, 0.05) is 11.6 Å². The summed E-state index contributed by atoms with van der Waals surface area (Å²) in [6.45, 7) is 2.35. The lowest BCUT2D eigenvalue weighted by Crippen LogP contribution is -2.37. The van der Waals surface area contributed by atoms with Crippen LogP contribution in [0.3, 0.4) is 0 Å². The van der Waals surface area contributed by atoms with Gasteiger partial charge in [-0.3, -0.25) is 0 Å². The summed E-state index contributed by atoms with van der Waals surface area (Å²) in [7, 11) is 0. The maximum absolute atomic E-state index is 12.1. The summed E-state index contributed by atoms with van der Waals surface area (Å²) in [6, 6.07) is 14.6. The molecule has 0 aromatic heterocycles. The molecule has 3 N–H and O–H groups in total. The molecule has 4 nitrogen and oxygen atoms in total. The van der Waals surface area contributed by atoms with Crippen molar-refractivity contribution in [2.45, 2.75) is 32.5 Å². The van der Waals surface area contributed by atoms with Crippen molar-refractivity contribution in [1.29, 1.82) is 0 Å². The number of aliphatic hydroxyl groups excluding tert-OH is 1. The lowest BCUT2D eigenvalue weighted by atomic mass is 10.1. The number of amides is 2. The molecule has 23 heavy (non-hydrogen) atoms. The standard InChI is InChI=1S/C18H21ClN2O2/c1-2-17(13-7-9-16(19)10-8-13)21-18(23)20-11-14-5-3-4-6-15(14)12-22/h3-10,17,22H,2,11-12H2,1H3,(H2,20,21,23). The number of aliphatic hydroxyl groups is 1. The van der Waals surface area contributed by atoms with Crippen LogP contribution in [0.1, 0.15) is 36.1 Å². The van der Waals surface area contributed by atoms with Crippen LogP contribution in [0.5, 0.6) is 0 Å². The predicted molar refractivity (Wildman–Crippen MR) is 92.2 cm³/mol. The van der Waals surface area contributed by atoms with Gasteiger partial charge in [0.1, 0.15) is 0 Å². The zero-order valence-corrected chi connectivity index (χ0v) is 13.8. The SMILES string of the molecule is CCC(NC(=O)NCc1ccccc1CO)c1ccc(Cl)cc1. The first-order valence-electron chi connectivity index (χ1n) is 7.61. The van der Waals surface area contributed by atoms with E-state index in [2.05, 4.69) is 10.6 Å². The molecule has 2 aromatic carbocycles. The largest absolute Gasteiger partial charge is 0.392 e. The van der Waals surface area contributed by atoms with Crippen molar-refractivity contribution in [1.82, 2.24) is 10.6 Å². The molecule has 0 saturated carbocycles. The molecule has 0 aliphatic rings. The zero-order chi connectivity index (χ0) is 16.7. The highest BCUT2D eigenvalue weighted by Crippen LogP contribution is 2.19. The van der Waals surface area contributed by atoms with Crippen LogP contribution in [0.4, 0.5) is 4.79 Å². The number of nitrogens with one attached hydrogen (secondary N) is 2. The Bertz CT molecular complexity index is 644. The smallest absolute Gasteiger partial charge is 0.315 e. The van der Waals surface area contributed by atoms with Gasteiger partial charge >= 0.3 is 6.03 Å². The van der Waals surface area contributed by atoms with E-state index in [1.165, 1.54) is 0 Å². The van der Waals surface area contributed by atoms with Gasteiger partial charge in [0.25, 0.3) is 0 Å². The molecule has 5 heteroatoms. The van der Waals surface area contributed by atoms with E-state index in [1.807, 2.05) is 55.5 Å². The van der Waals surface area contributed by atoms with Crippen LogP contribution in [0, 0.1) is 0 Å². The number of halogens is 1. The van der Waals surface area contributed by atoms with E-state index in [1.54, 1.807) is 0 Å². The number of hydrogen-bond donors (Lipinski definition) is 3. The highest BCUT2D eigenvalue weighted by molar-refractivity contribution is 6.30. The van der Waals surface area contributed by atoms with Crippen LogP contribution < -0.4 is 10.6 Å². The van der Waals surface area contributed by atoms with Crippen molar-refractivity contribution in [2.24, 2.45) is 0 Å². The fourth-order valence-electron chi connectivity index (χ4n) is 2.39. The normalized spacial score (nSPS) is 11.8. The first kappa shape index (κ1) is 17.3. The fraction of sp³-hybridized carbons (Fsp3) is 0.278. The maximum atomic E-state index is 12.1. The first-order valence-corrected chi connectivity index (χ1v) is 7.99. The maximum Gasteiger partial charge on any atom is 0.315 e. The van der Waals surface area contributed by atoms with E-state index >= 15 is 0 Å². The van der Waals surface area contributed by atoms with E-state index in [4.69, 9.17) is 11.6 Å². The van der Waals surface area contributed by atoms with Gasteiger partial charge in [-0.25, -0.2) is 4.79 Å². The van der Waals surface area contributed by atoms with E-state index in [0.717, 1.165) is 23.1 Å². The Hall–Kier alpha value is -2.04. The monoisotopic (exact) mass is 332 g/mol.